The molecular weight excluding hydrogens is 404 g/mol. The quantitative estimate of drug-likeness (QED) is 0.387. The maximum atomic E-state index is 12.7. The fraction of sp³-hybridized carbons (Fsp3) is 0.0400. The largest absolute Gasteiger partial charge is 0.298 e. The average Bonchev–Trinajstić information content (AvgIpc) is 3.23. The third-order valence-corrected chi connectivity index (χ3v) is 5.74. The van der Waals surface area contributed by atoms with Crippen molar-refractivity contribution in [1.29, 1.82) is 0 Å². The van der Waals surface area contributed by atoms with E-state index in [1.54, 1.807) is 12.1 Å². The first-order valence-electron chi connectivity index (χ1n) is 9.83. The molecule has 0 aliphatic heterocycles. The zero-order chi connectivity index (χ0) is 21.2. The van der Waals surface area contributed by atoms with Gasteiger partial charge in [0.2, 0.25) is 0 Å². The molecule has 6 heteroatoms. The number of rotatable bonds is 4. The molecule has 0 saturated carbocycles. The standard InChI is InChI=1S/C25H18N4OS/c1-16-15-31-25(26-16)29-24(30)19-12-13-20-21(14-19)28-23(18-10-6-3-7-11-18)22(27-20)17-8-4-2-5-9-17/h2-15H,1H3,(H,26,29,30). The highest BCUT2D eigenvalue weighted by Gasteiger charge is 2.15. The zero-order valence-electron chi connectivity index (χ0n) is 16.7. The molecule has 2 heterocycles. The monoisotopic (exact) mass is 422 g/mol. The molecule has 0 atom stereocenters. The van der Waals surface area contributed by atoms with Crippen LogP contribution in [0.5, 0.6) is 0 Å². The van der Waals surface area contributed by atoms with Gasteiger partial charge in [0.25, 0.3) is 5.91 Å². The SMILES string of the molecule is Cc1csc(NC(=O)c2ccc3nc(-c4ccccc4)c(-c4ccccc4)nc3c2)n1. The van der Waals surface area contributed by atoms with Gasteiger partial charge in [0.05, 0.1) is 28.1 Å². The smallest absolute Gasteiger partial charge is 0.257 e. The van der Waals surface area contributed by atoms with Crippen LogP contribution < -0.4 is 5.32 Å². The second-order valence-corrected chi connectivity index (χ2v) is 7.96. The Morgan fingerprint density at radius 3 is 1.97 bits per heavy atom. The zero-order valence-corrected chi connectivity index (χ0v) is 17.6. The van der Waals surface area contributed by atoms with Gasteiger partial charge >= 0.3 is 0 Å². The molecule has 0 aliphatic rings. The van der Waals surface area contributed by atoms with Crippen LogP contribution in [0.15, 0.2) is 84.2 Å². The van der Waals surface area contributed by atoms with Gasteiger partial charge in [0.15, 0.2) is 5.13 Å². The van der Waals surface area contributed by atoms with E-state index in [4.69, 9.17) is 9.97 Å². The fourth-order valence-electron chi connectivity index (χ4n) is 3.37. The Morgan fingerprint density at radius 1 is 0.774 bits per heavy atom. The second kappa shape index (κ2) is 8.08. The van der Waals surface area contributed by atoms with Gasteiger partial charge in [0.1, 0.15) is 0 Å². The molecule has 0 fully saturated rings. The molecule has 1 amide bonds. The van der Waals surface area contributed by atoms with Gasteiger partial charge in [-0.05, 0) is 25.1 Å². The molecule has 0 radical (unpaired) electrons. The lowest BCUT2D eigenvalue weighted by Crippen LogP contribution is -2.11. The van der Waals surface area contributed by atoms with Crippen molar-refractivity contribution in [3.05, 3.63) is 95.5 Å². The summed E-state index contributed by atoms with van der Waals surface area (Å²) in [7, 11) is 0. The lowest BCUT2D eigenvalue weighted by molar-refractivity contribution is 0.102. The van der Waals surface area contributed by atoms with Gasteiger partial charge in [-0.3, -0.25) is 10.1 Å². The van der Waals surface area contributed by atoms with Crippen LogP contribution in [-0.2, 0) is 0 Å². The molecule has 31 heavy (non-hydrogen) atoms. The molecule has 5 aromatic rings. The highest BCUT2D eigenvalue weighted by Crippen LogP contribution is 2.31. The molecule has 150 valence electrons. The second-order valence-electron chi connectivity index (χ2n) is 7.10. The minimum atomic E-state index is -0.216. The van der Waals surface area contributed by atoms with Gasteiger partial charge in [-0.2, -0.15) is 0 Å². The molecule has 1 N–H and O–H groups in total. The van der Waals surface area contributed by atoms with Crippen LogP contribution in [0.3, 0.4) is 0 Å². The van der Waals surface area contributed by atoms with Crippen LogP contribution in [0.25, 0.3) is 33.5 Å². The molecule has 5 rings (SSSR count). The van der Waals surface area contributed by atoms with E-state index in [0.29, 0.717) is 16.2 Å². The number of fused-ring (bicyclic) bond motifs is 1. The number of carbonyl (C=O) groups excluding carboxylic acids is 1. The lowest BCUT2D eigenvalue weighted by Gasteiger charge is -2.11. The highest BCUT2D eigenvalue weighted by atomic mass is 32.1. The summed E-state index contributed by atoms with van der Waals surface area (Å²) in [5.74, 6) is -0.216. The lowest BCUT2D eigenvalue weighted by atomic mass is 10.0. The van der Waals surface area contributed by atoms with E-state index in [1.807, 2.05) is 79.0 Å². The summed E-state index contributed by atoms with van der Waals surface area (Å²) in [4.78, 5) is 26.8. The minimum Gasteiger partial charge on any atom is -0.298 e. The predicted octanol–water partition coefficient (Wildman–Crippen LogP) is 5.98. The van der Waals surface area contributed by atoms with Crippen molar-refractivity contribution in [2.24, 2.45) is 0 Å². The number of carbonyl (C=O) groups is 1. The van der Waals surface area contributed by atoms with E-state index in [-0.39, 0.29) is 5.91 Å². The number of nitrogens with zero attached hydrogens (tertiary/aromatic N) is 3. The third-order valence-electron chi connectivity index (χ3n) is 4.86. The van der Waals surface area contributed by atoms with Crippen LogP contribution in [0.4, 0.5) is 5.13 Å². The van der Waals surface area contributed by atoms with E-state index in [0.717, 1.165) is 33.7 Å². The molecule has 0 unspecified atom stereocenters. The summed E-state index contributed by atoms with van der Waals surface area (Å²) >= 11 is 1.40. The van der Waals surface area contributed by atoms with Crippen molar-refractivity contribution in [1.82, 2.24) is 15.0 Å². The number of thiazole rings is 1. The Morgan fingerprint density at radius 2 is 1.39 bits per heavy atom. The van der Waals surface area contributed by atoms with Gasteiger partial charge in [-0.1, -0.05) is 60.7 Å². The molecular formula is C25H18N4OS. The average molecular weight is 423 g/mol. The van der Waals surface area contributed by atoms with Crippen LogP contribution >= 0.6 is 11.3 Å². The molecule has 0 saturated heterocycles. The number of nitrogens with one attached hydrogen (secondary N) is 1. The first kappa shape index (κ1) is 19.1. The Balaban J connectivity index is 1.61. The maximum Gasteiger partial charge on any atom is 0.257 e. The topological polar surface area (TPSA) is 67.8 Å². The van der Waals surface area contributed by atoms with Crippen LogP contribution in [0.1, 0.15) is 16.1 Å². The Kier molecular flexibility index (Phi) is 4.98. The van der Waals surface area contributed by atoms with E-state index >= 15 is 0 Å². The number of benzene rings is 3. The van der Waals surface area contributed by atoms with Crippen LogP contribution in [0.2, 0.25) is 0 Å². The molecule has 0 spiro atoms. The van der Waals surface area contributed by atoms with Crippen molar-refractivity contribution in [3.63, 3.8) is 0 Å². The van der Waals surface area contributed by atoms with Gasteiger partial charge in [-0.25, -0.2) is 15.0 Å². The maximum absolute atomic E-state index is 12.7. The van der Waals surface area contributed by atoms with Crippen molar-refractivity contribution in [2.75, 3.05) is 5.32 Å². The number of amides is 1. The van der Waals surface area contributed by atoms with Crippen LogP contribution in [0, 0.1) is 6.92 Å². The van der Waals surface area contributed by atoms with Crippen molar-refractivity contribution in [2.45, 2.75) is 6.92 Å². The van der Waals surface area contributed by atoms with Crippen molar-refractivity contribution < 1.29 is 4.79 Å². The summed E-state index contributed by atoms with van der Waals surface area (Å²) in [6, 6.07) is 25.4. The molecule has 0 aliphatic carbocycles. The fourth-order valence-corrected chi connectivity index (χ4v) is 4.05. The van der Waals surface area contributed by atoms with Crippen molar-refractivity contribution >= 4 is 33.4 Å². The molecule has 3 aromatic carbocycles. The summed E-state index contributed by atoms with van der Waals surface area (Å²) in [5, 5.41) is 5.33. The van der Waals surface area contributed by atoms with Gasteiger partial charge < -0.3 is 0 Å². The van der Waals surface area contributed by atoms with E-state index < -0.39 is 0 Å². The number of hydrogen-bond acceptors (Lipinski definition) is 5. The van der Waals surface area contributed by atoms with E-state index in [1.165, 1.54) is 11.3 Å². The van der Waals surface area contributed by atoms with E-state index in [2.05, 4.69) is 10.3 Å². The van der Waals surface area contributed by atoms with Gasteiger partial charge in [0, 0.05) is 22.1 Å². The van der Waals surface area contributed by atoms with Gasteiger partial charge in [-0.15, -0.1) is 11.3 Å². The summed E-state index contributed by atoms with van der Waals surface area (Å²) < 4.78 is 0. The van der Waals surface area contributed by atoms with E-state index in [9.17, 15) is 4.79 Å². The first-order valence-corrected chi connectivity index (χ1v) is 10.7. The van der Waals surface area contributed by atoms with Crippen molar-refractivity contribution in [3.8, 4) is 22.5 Å². The molecule has 0 bridgehead atoms. The highest BCUT2D eigenvalue weighted by molar-refractivity contribution is 7.13. The number of anilines is 1. The number of aryl methyl sites for hydroxylation is 1. The first-order chi connectivity index (χ1) is 15.2. The summed E-state index contributed by atoms with van der Waals surface area (Å²) in [6.45, 7) is 1.90. The van der Waals surface area contributed by atoms with Crippen LogP contribution in [-0.4, -0.2) is 20.9 Å². The Bertz CT molecular complexity index is 1380. The predicted molar refractivity (Wildman–Crippen MR) is 125 cm³/mol. The Labute approximate surface area is 183 Å². The number of hydrogen-bond donors (Lipinski definition) is 1. The number of aromatic nitrogens is 3. The summed E-state index contributed by atoms with van der Waals surface area (Å²) in [5.41, 5.74) is 6.37. The summed E-state index contributed by atoms with van der Waals surface area (Å²) in [6.07, 6.45) is 0. The molecule has 5 nitrogen and oxygen atoms in total. The Hall–Kier alpha value is -3.90. The normalized spacial score (nSPS) is 10.9. The minimum absolute atomic E-state index is 0.216. The molecule has 2 aromatic heterocycles. The third kappa shape index (κ3) is 3.93.